The van der Waals surface area contributed by atoms with E-state index in [1.807, 2.05) is 6.07 Å². The molecule has 1 heterocycles. The zero-order valence-electron chi connectivity index (χ0n) is 11.4. The van der Waals surface area contributed by atoms with Crippen molar-refractivity contribution in [1.29, 1.82) is 0 Å². The predicted octanol–water partition coefficient (Wildman–Crippen LogP) is 3.12. The lowest BCUT2D eigenvalue weighted by Crippen LogP contribution is -2.26. The van der Waals surface area contributed by atoms with Gasteiger partial charge >= 0.3 is 0 Å². The lowest BCUT2D eigenvalue weighted by molar-refractivity contribution is 0.508. The van der Waals surface area contributed by atoms with Gasteiger partial charge in [0.15, 0.2) is 0 Å². The van der Waals surface area contributed by atoms with Crippen LogP contribution in [0.25, 0.3) is 11.0 Å². The third kappa shape index (κ3) is 2.72. The maximum Gasteiger partial charge on any atom is 0.109 e. The second kappa shape index (κ2) is 6.01. The maximum absolute atomic E-state index is 6.18. The monoisotopic (exact) mass is 245 g/mol. The molecule has 98 valence electrons. The highest BCUT2D eigenvalue weighted by Crippen LogP contribution is 2.18. The molecular weight excluding hydrogens is 222 g/mol. The number of benzene rings is 1. The molecule has 1 aromatic carbocycles. The van der Waals surface area contributed by atoms with Crippen molar-refractivity contribution < 1.29 is 0 Å². The number of aromatic nitrogens is 2. The van der Waals surface area contributed by atoms with Gasteiger partial charge in [-0.05, 0) is 25.0 Å². The Balaban J connectivity index is 2.35. The summed E-state index contributed by atoms with van der Waals surface area (Å²) in [5, 5.41) is 0. The van der Waals surface area contributed by atoms with Crippen LogP contribution in [0.4, 0.5) is 0 Å². The third-order valence-corrected chi connectivity index (χ3v) is 3.28. The molecule has 1 atom stereocenters. The summed E-state index contributed by atoms with van der Waals surface area (Å²) in [4.78, 5) is 4.72. The van der Waals surface area contributed by atoms with Gasteiger partial charge in [0, 0.05) is 19.0 Å². The Hall–Kier alpha value is -1.35. The Kier molecular flexibility index (Phi) is 4.37. The van der Waals surface area contributed by atoms with E-state index in [1.165, 1.54) is 11.3 Å². The molecule has 3 nitrogen and oxygen atoms in total. The number of hydrogen-bond donors (Lipinski definition) is 1. The van der Waals surface area contributed by atoms with Crippen molar-refractivity contribution in [3.63, 3.8) is 0 Å². The number of nitrogens with two attached hydrogens (primary N) is 1. The normalized spacial score (nSPS) is 13.1. The van der Waals surface area contributed by atoms with Gasteiger partial charge in [0.05, 0.1) is 11.0 Å². The molecule has 0 fully saturated rings. The molecule has 0 aliphatic heterocycles. The first-order valence-corrected chi connectivity index (χ1v) is 6.96. The van der Waals surface area contributed by atoms with Crippen LogP contribution < -0.4 is 5.73 Å². The van der Waals surface area contributed by atoms with Gasteiger partial charge in [-0.15, -0.1) is 0 Å². The molecule has 0 radical (unpaired) electrons. The van der Waals surface area contributed by atoms with E-state index in [4.69, 9.17) is 10.7 Å². The summed E-state index contributed by atoms with van der Waals surface area (Å²) in [5.74, 6) is 1.17. The first-order valence-electron chi connectivity index (χ1n) is 6.96. The molecule has 1 aromatic heterocycles. The number of nitrogens with zero attached hydrogens (tertiary/aromatic N) is 2. The topological polar surface area (TPSA) is 43.8 Å². The Bertz CT molecular complexity index is 501. The van der Waals surface area contributed by atoms with E-state index >= 15 is 0 Å². The molecule has 2 rings (SSSR count). The van der Waals surface area contributed by atoms with E-state index in [-0.39, 0.29) is 6.04 Å². The zero-order chi connectivity index (χ0) is 13.0. The van der Waals surface area contributed by atoms with Crippen LogP contribution in [0.2, 0.25) is 0 Å². The van der Waals surface area contributed by atoms with Crippen LogP contribution in [0.1, 0.15) is 38.9 Å². The van der Waals surface area contributed by atoms with Crippen LogP contribution in [0, 0.1) is 0 Å². The minimum absolute atomic E-state index is 0.225. The fraction of sp³-hybridized carbons (Fsp3) is 0.533. The van der Waals surface area contributed by atoms with Gasteiger partial charge in [0.25, 0.3) is 0 Å². The first-order chi connectivity index (χ1) is 8.76. The van der Waals surface area contributed by atoms with Crippen LogP contribution in [-0.4, -0.2) is 15.6 Å². The summed E-state index contributed by atoms with van der Waals surface area (Å²) in [6, 6.07) is 8.56. The van der Waals surface area contributed by atoms with Crippen LogP contribution in [0.15, 0.2) is 24.3 Å². The van der Waals surface area contributed by atoms with Crippen molar-refractivity contribution in [2.45, 2.75) is 52.1 Å². The van der Waals surface area contributed by atoms with Crippen molar-refractivity contribution in [3.05, 3.63) is 30.1 Å². The standard InChI is InChI=1S/C15H23N3/c1-3-7-12(16)11-18-14-10-6-5-9-13(14)17-15(18)8-4-2/h5-6,9-10,12H,3-4,7-8,11,16H2,1-2H3. The summed E-state index contributed by atoms with van der Waals surface area (Å²) < 4.78 is 2.30. The molecule has 0 aliphatic rings. The van der Waals surface area contributed by atoms with Gasteiger partial charge in [-0.2, -0.15) is 0 Å². The molecule has 2 N–H and O–H groups in total. The number of rotatable bonds is 6. The molecular formula is C15H23N3. The number of hydrogen-bond acceptors (Lipinski definition) is 2. The molecule has 0 saturated heterocycles. The minimum atomic E-state index is 0.225. The van der Waals surface area contributed by atoms with Crippen LogP contribution in [0.5, 0.6) is 0 Å². The third-order valence-electron chi connectivity index (χ3n) is 3.28. The van der Waals surface area contributed by atoms with Crippen LogP contribution in [0.3, 0.4) is 0 Å². The lowest BCUT2D eigenvalue weighted by Gasteiger charge is -2.14. The number of imidazole rings is 1. The Morgan fingerprint density at radius 1 is 1.22 bits per heavy atom. The SMILES string of the molecule is CCCc1nc2ccccc2n1CC(N)CCC. The molecule has 0 amide bonds. The average Bonchev–Trinajstić information content (AvgIpc) is 2.69. The lowest BCUT2D eigenvalue weighted by atomic mass is 10.2. The summed E-state index contributed by atoms with van der Waals surface area (Å²) in [7, 11) is 0. The summed E-state index contributed by atoms with van der Waals surface area (Å²) >= 11 is 0. The molecule has 18 heavy (non-hydrogen) atoms. The molecule has 1 unspecified atom stereocenters. The highest BCUT2D eigenvalue weighted by Gasteiger charge is 2.12. The summed E-state index contributed by atoms with van der Waals surface area (Å²) in [6.45, 7) is 5.25. The van der Waals surface area contributed by atoms with Crippen molar-refractivity contribution in [3.8, 4) is 0 Å². The van der Waals surface area contributed by atoms with Crippen molar-refractivity contribution in [2.75, 3.05) is 0 Å². The molecule has 0 spiro atoms. The van der Waals surface area contributed by atoms with Gasteiger partial charge in [-0.1, -0.05) is 32.4 Å². The number of fused-ring (bicyclic) bond motifs is 1. The van der Waals surface area contributed by atoms with Crippen molar-refractivity contribution in [2.24, 2.45) is 5.73 Å². The first kappa shape index (κ1) is 13.1. The average molecular weight is 245 g/mol. The fourth-order valence-electron chi connectivity index (χ4n) is 2.44. The quantitative estimate of drug-likeness (QED) is 0.849. The Morgan fingerprint density at radius 2 is 2.00 bits per heavy atom. The maximum atomic E-state index is 6.18. The van der Waals surface area contributed by atoms with E-state index in [0.717, 1.165) is 37.7 Å². The van der Waals surface area contributed by atoms with E-state index in [2.05, 4.69) is 36.6 Å². The van der Waals surface area contributed by atoms with E-state index < -0.39 is 0 Å². The predicted molar refractivity (Wildman–Crippen MR) is 76.6 cm³/mol. The Morgan fingerprint density at radius 3 is 2.72 bits per heavy atom. The second-order valence-corrected chi connectivity index (χ2v) is 4.93. The van der Waals surface area contributed by atoms with E-state index in [0.29, 0.717) is 0 Å². The number of aryl methyl sites for hydroxylation is 1. The molecule has 0 bridgehead atoms. The molecule has 0 aliphatic carbocycles. The van der Waals surface area contributed by atoms with Gasteiger partial charge in [-0.3, -0.25) is 0 Å². The second-order valence-electron chi connectivity index (χ2n) is 4.93. The smallest absolute Gasteiger partial charge is 0.109 e. The molecule has 3 heteroatoms. The summed E-state index contributed by atoms with van der Waals surface area (Å²) in [6.07, 6.45) is 4.34. The van der Waals surface area contributed by atoms with Gasteiger partial charge in [-0.25, -0.2) is 4.98 Å². The van der Waals surface area contributed by atoms with Crippen molar-refractivity contribution >= 4 is 11.0 Å². The fourth-order valence-corrected chi connectivity index (χ4v) is 2.44. The molecule has 0 saturated carbocycles. The van der Waals surface area contributed by atoms with Crippen molar-refractivity contribution in [1.82, 2.24) is 9.55 Å². The minimum Gasteiger partial charge on any atom is -0.326 e. The van der Waals surface area contributed by atoms with Gasteiger partial charge < -0.3 is 10.3 Å². The van der Waals surface area contributed by atoms with E-state index in [1.54, 1.807) is 0 Å². The van der Waals surface area contributed by atoms with Gasteiger partial charge in [0.1, 0.15) is 5.82 Å². The zero-order valence-corrected chi connectivity index (χ0v) is 11.4. The largest absolute Gasteiger partial charge is 0.326 e. The van der Waals surface area contributed by atoms with Gasteiger partial charge in [0.2, 0.25) is 0 Å². The highest BCUT2D eigenvalue weighted by molar-refractivity contribution is 5.75. The molecule has 2 aromatic rings. The number of para-hydroxylation sites is 2. The Labute approximate surface area is 109 Å². The highest BCUT2D eigenvalue weighted by atomic mass is 15.1. The van der Waals surface area contributed by atoms with Crippen LogP contribution >= 0.6 is 0 Å². The van der Waals surface area contributed by atoms with E-state index in [9.17, 15) is 0 Å². The summed E-state index contributed by atoms with van der Waals surface area (Å²) in [5.41, 5.74) is 8.49. The van der Waals surface area contributed by atoms with Crippen LogP contribution in [-0.2, 0) is 13.0 Å².